The maximum Gasteiger partial charge on any atom is 0.306 e. The van der Waals surface area contributed by atoms with Crippen molar-refractivity contribution in [2.75, 3.05) is 6.61 Å². The van der Waals surface area contributed by atoms with Crippen LogP contribution in [0.15, 0.2) is 0 Å². The van der Waals surface area contributed by atoms with Crippen molar-refractivity contribution in [2.45, 2.75) is 30.8 Å². The van der Waals surface area contributed by atoms with Crippen molar-refractivity contribution in [3.63, 3.8) is 0 Å². The van der Waals surface area contributed by atoms with E-state index in [0.29, 0.717) is 0 Å². The molecule has 8 heteroatoms. The lowest BCUT2D eigenvalue weighted by Crippen LogP contribution is -2.47. The second kappa shape index (κ2) is 6.51. The molecule has 94 valence electrons. The molecule has 0 radical (unpaired) electrons. The van der Waals surface area contributed by atoms with Gasteiger partial charge < -0.3 is 30.6 Å². The molecule has 0 amide bonds. The van der Waals surface area contributed by atoms with E-state index < -0.39 is 49.2 Å². The summed E-state index contributed by atoms with van der Waals surface area (Å²) in [6, 6.07) is 0. The van der Waals surface area contributed by atoms with E-state index in [-0.39, 0.29) is 0 Å². The number of aliphatic hydroxyl groups excluding tert-OH is 5. The number of carbonyl (C=O) groups is 2. The van der Waals surface area contributed by atoms with Gasteiger partial charge in [-0.05, 0) is 0 Å². The van der Waals surface area contributed by atoms with E-state index >= 15 is 0 Å². The maximum atomic E-state index is 11.1. The molecule has 6 N–H and O–H groups in total. The Hall–Kier alpha value is -1.06. The summed E-state index contributed by atoms with van der Waals surface area (Å²) in [6.45, 7) is -0.888. The van der Waals surface area contributed by atoms with Crippen LogP contribution in [0.3, 0.4) is 0 Å². The van der Waals surface area contributed by atoms with Gasteiger partial charge in [0.2, 0.25) is 0 Å². The fourth-order valence-corrected chi connectivity index (χ4v) is 0.950. The number of carbonyl (C=O) groups excluding carboxylic acids is 1. The van der Waals surface area contributed by atoms with E-state index in [1.165, 1.54) is 0 Å². The van der Waals surface area contributed by atoms with E-state index in [1.807, 2.05) is 0 Å². The summed E-state index contributed by atoms with van der Waals surface area (Å²) >= 11 is 0. The van der Waals surface area contributed by atoms with Gasteiger partial charge in [-0.1, -0.05) is 0 Å². The van der Waals surface area contributed by atoms with Gasteiger partial charge in [-0.2, -0.15) is 0 Å². The molecule has 0 aliphatic rings. The molecule has 0 spiro atoms. The highest BCUT2D eigenvalue weighted by Gasteiger charge is 2.34. The number of Topliss-reactive ketones (excluding diaryl/α,β-unsaturated/α-hetero) is 1. The molecular formula is C8H14O8. The molecule has 8 nitrogen and oxygen atoms in total. The Morgan fingerprint density at radius 1 is 1.06 bits per heavy atom. The van der Waals surface area contributed by atoms with Crippen molar-refractivity contribution in [2.24, 2.45) is 0 Å². The number of hydrogen-bond donors (Lipinski definition) is 6. The molecule has 16 heavy (non-hydrogen) atoms. The van der Waals surface area contributed by atoms with Crippen LogP contribution < -0.4 is 0 Å². The highest BCUT2D eigenvalue weighted by Crippen LogP contribution is 2.06. The molecule has 0 aliphatic carbocycles. The van der Waals surface area contributed by atoms with Crippen molar-refractivity contribution in [3.05, 3.63) is 0 Å². The summed E-state index contributed by atoms with van der Waals surface area (Å²) in [7, 11) is 0. The minimum atomic E-state index is -2.16. The smallest absolute Gasteiger partial charge is 0.306 e. The summed E-state index contributed by atoms with van der Waals surface area (Å²) in [4.78, 5) is 21.3. The van der Waals surface area contributed by atoms with Gasteiger partial charge >= 0.3 is 5.97 Å². The second-order valence-corrected chi connectivity index (χ2v) is 3.20. The Bertz CT molecular complexity index is 252. The van der Waals surface area contributed by atoms with Gasteiger partial charge in [0.25, 0.3) is 0 Å². The average Bonchev–Trinajstić information content (AvgIpc) is 2.23. The van der Waals surface area contributed by atoms with Crippen molar-refractivity contribution in [1.82, 2.24) is 0 Å². The molecule has 0 aliphatic heterocycles. The zero-order valence-electron chi connectivity index (χ0n) is 8.22. The van der Waals surface area contributed by atoms with E-state index in [0.717, 1.165) is 0 Å². The number of carboxylic acid groups (broad SMARTS) is 1. The normalized spacial score (nSPS) is 18.6. The largest absolute Gasteiger partial charge is 0.481 e. The second-order valence-electron chi connectivity index (χ2n) is 3.20. The SMILES string of the molecule is O=C(O)CC(O)C(=O)[C@@H](O)[C@H](O)[C@H](O)CO. The summed E-state index contributed by atoms with van der Waals surface area (Å²) in [5, 5.41) is 52.9. The van der Waals surface area contributed by atoms with Crippen LogP contribution in [0.4, 0.5) is 0 Å². The molecule has 0 heterocycles. The van der Waals surface area contributed by atoms with Crippen LogP contribution in [0.5, 0.6) is 0 Å². The number of carboxylic acids is 1. The third-order valence-electron chi connectivity index (χ3n) is 1.89. The average molecular weight is 238 g/mol. The summed E-state index contributed by atoms with van der Waals surface area (Å²) in [6.07, 6.45) is -8.79. The van der Waals surface area contributed by atoms with Crippen LogP contribution in [-0.2, 0) is 9.59 Å². The van der Waals surface area contributed by atoms with Gasteiger partial charge in [-0.25, -0.2) is 0 Å². The van der Waals surface area contributed by atoms with Gasteiger partial charge in [-0.15, -0.1) is 0 Å². The number of aliphatic hydroxyl groups is 5. The van der Waals surface area contributed by atoms with Gasteiger partial charge in [0.05, 0.1) is 13.0 Å². The van der Waals surface area contributed by atoms with Crippen LogP contribution >= 0.6 is 0 Å². The molecule has 0 bridgehead atoms. The van der Waals surface area contributed by atoms with Gasteiger partial charge in [0, 0.05) is 0 Å². The third kappa shape index (κ3) is 4.21. The molecule has 0 saturated carbocycles. The third-order valence-corrected chi connectivity index (χ3v) is 1.89. The predicted octanol–water partition coefficient (Wildman–Crippen LogP) is -3.53. The summed E-state index contributed by atoms with van der Waals surface area (Å²) in [5.74, 6) is -2.78. The molecule has 0 aromatic carbocycles. The highest BCUT2D eigenvalue weighted by atomic mass is 16.4. The molecule has 0 rings (SSSR count). The Labute approximate surface area is 90.4 Å². The first-order chi connectivity index (χ1) is 7.31. The first-order valence-corrected chi connectivity index (χ1v) is 4.39. The van der Waals surface area contributed by atoms with Crippen LogP contribution in [-0.4, -0.2) is 73.4 Å². The Kier molecular flexibility index (Phi) is 6.08. The van der Waals surface area contributed by atoms with Crippen LogP contribution in [0.2, 0.25) is 0 Å². The molecule has 4 atom stereocenters. The molecule has 1 unspecified atom stereocenters. The number of aliphatic carboxylic acids is 1. The van der Waals surface area contributed by atoms with Gasteiger partial charge in [0.1, 0.15) is 24.4 Å². The summed E-state index contributed by atoms with van der Waals surface area (Å²) < 4.78 is 0. The summed E-state index contributed by atoms with van der Waals surface area (Å²) in [5.41, 5.74) is 0. The van der Waals surface area contributed by atoms with E-state index in [4.69, 9.17) is 30.6 Å². The Balaban J connectivity index is 4.42. The van der Waals surface area contributed by atoms with Gasteiger partial charge in [0.15, 0.2) is 5.78 Å². The lowest BCUT2D eigenvalue weighted by molar-refractivity contribution is -0.153. The highest BCUT2D eigenvalue weighted by molar-refractivity contribution is 5.90. The first kappa shape index (κ1) is 14.9. The molecule has 0 aromatic heterocycles. The fraction of sp³-hybridized carbons (Fsp3) is 0.750. The zero-order valence-corrected chi connectivity index (χ0v) is 8.22. The van der Waals surface area contributed by atoms with Crippen LogP contribution in [0.1, 0.15) is 6.42 Å². The topological polar surface area (TPSA) is 156 Å². The lowest BCUT2D eigenvalue weighted by Gasteiger charge is -2.21. The Morgan fingerprint density at radius 2 is 1.56 bits per heavy atom. The van der Waals surface area contributed by atoms with Crippen LogP contribution in [0, 0.1) is 0 Å². The van der Waals surface area contributed by atoms with Crippen LogP contribution in [0.25, 0.3) is 0 Å². The molecule has 0 fully saturated rings. The number of rotatable bonds is 7. The number of hydrogen-bond acceptors (Lipinski definition) is 7. The van der Waals surface area contributed by atoms with Crippen molar-refractivity contribution < 1.29 is 40.2 Å². The minimum absolute atomic E-state index is 0.888. The van der Waals surface area contributed by atoms with Crippen molar-refractivity contribution in [1.29, 1.82) is 0 Å². The molecular weight excluding hydrogens is 224 g/mol. The van der Waals surface area contributed by atoms with E-state index in [2.05, 4.69) is 0 Å². The predicted molar refractivity (Wildman–Crippen MR) is 48.4 cm³/mol. The first-order valence-electron chi connectivity index (χ1n) is 4.39. The monoisotopic (exact) mass is 238 g/mol. The maximum absolute atomic E-state index is 11.1. The molecule has 0 saturated heterocycles. The lowest BCUT2D eigenvalue weighted by atomic mass is 9.99. The standard InChI is InChI=1S/C8H14O8/c9-2-4(11)7(15)8(16)6(14)3(10)1-5(12)13/h3-4,7-11,15-16H,1-2H2,(H,12,13)/t3?,4-,7-,8-/m1/s1. The van der Waals surface area contributed by atoms with Crippen molar-refractivity contribution >= 4 is 11.8 Å². The fourth-order valence-electron chi connectivity index (χ4n) is 0.950. The Morgan fingerprint density at radius 3 is 1.94 bits per heavy atom. The van der Waals surface area contributed by atoms with Crippen molar-refractivity contribution in [3.8, 4) is 0 Å². The van der Waals surface area contributed by atoms with E-state index in [9.17, 15) is 9.59 Å². The molecule has 0 aromatic rings. The van der Waals surface area contributed by atoms with E-state index in [1.54, 1.807) is 0 Å². The zero-order chi connectivity index (χ0) is 12.9. The van der Waals surface area contributed by atoms with Gasteiger partial charge in [-0.3, -0.25) is 9.59 Å². The number of ketones is 1. The minimum Gasteiger partial charge on any atom is -0.481 e. The quantitative estimate of drug-likeness (QED) is 0.266.